The molecule has 31 heavy (non-hydrogen) atoms. The molecule has 2 unspecified atom stereocenters. The van der Waals surface area contributed by atoms with Gasteiger partial charge in [0, 0.05) is 13.1 Å². The summed E-state index contributed by atoms with van der Waals surface area (Å²) in [5, 5.41) is 8.49. The van der Waals surface area contributed by atoms with Crippen molar-refractivity contribution in [2.75, 3.05) is 13.2 Å². The number of aliphatic carboxylic acids is 1. The van der Waals surface area contributed by atoms with Gasteiger partial charge in [0.15, 0.2) is 9.84 Å². The maximum atomic E-state index is 13.4. The first-order chi connectivity index (χ1) is 14.8. The van der Waals surface area contributed by atoms with Crippen molar-refractivity contribution in [1.29, 1.82) is 0 Å². The fourth-order valence-electron chi connectivity index (χ4n) is 3.75. The highest BCUT2D eigenvalue weighted by Gasteiger charge is 2.40. The van der Waals surface area contributed by atoms with Gasteiger partial charge in [-0.3, -0.25) is 9.69 Å². The minimum atomic E-state index is -3.81. The molecule has 0 bridgehead atoms. The van der Waals surface area contributed by atoms with Crippen LogP contribution in [0.4, 0.5) is 4.39 Å². The third-order valence-electron chi connectivity index (χ3n) is 5.58. The number of unbranched alkanes of at least 4 members (excludes halogenated alkanes) is 1. The summed E-state index contributed by atoms with van der Waals surface area (Å²) in [6.07, 6.45) is 2.29. The van der Waals surface area contributed by atoms with Gasteiger partial charge in [0.05, 0.1) is 17.4 Å². The number of sulfone groups is 1. The summed E-state index contributed by atoms with van der Waals surface area (Å²) in [6.45, 7) is 3.26. The van der Waals surface area contributed by atoms with E-state index in [1.807, 2.05) is 0 Å². The van der Waals surface area contributed by atoms with Crippen molar-refractivity contribution in [2.45, 2.75) is 49.4 Å². The zero-order valence-corrected chi connectivity index (χ0v) is 18.4. The number of carbonyl (C=O) groups is 1. The molecule has 168 valence electrons. The Morgan fingerprint density at radius 2 is 1.84 bits per heavy atom. The number of hydrogen-bond donors (Lipinski definition) is 1. The molecule has 2 atom stereocenters. The molecule has 0 amide bonds. The Morgan fingerprint density at radius 1 is 1.16 bits per heavy atom. The fourth-order valence-corrected chi connectivity index (χ4v) is 5.63. The predicted molar refractivity (Wildman–Crippen MR) is 115 cm³/mol. The van der Waals surface area contributed by atoms with E-state index in [1.54, 1.807) is 29.2 Å². The molecule has 1 heterocycles. The Morgan fingerprint density at radius 3 is 2.45 bits per heavy atom. The lowest BCUT2D eigenvalue weighted by Gasteiger charge is -2.37. The summed E-state index contributed by atoms with van der Waals surface area (Å²) < 4.78 is 45.7. The number of carboxylic acids is 1. The normalized spacial score (nSPS) is 19.8. The molecule has 0 aliphatic carbocycles. The van der Waals surface area contributed by atoms with E-state index in [-0.39, 0.29) is 17.1 Å². The van der Waals surface area contributed by atoms with Crippen LogP contribution in [0.15, 0.2) is 53.4 Å². The summed E-state index contributed by atoms with van der Waals surface area (Å²) in [4.78, 5) is 13.5. The predicted octanol–water partition coefficient (Wildman–Crippen LogP) is 4.10. The van der Waals surface area contributed by atoms with Crippen molar-refractivity contribution in [1.82, 2.24) is 4.90 Å². The highest BCUT2D eigenvalue weighted by molar-refractivity contribution is 7.92. The van der Waals surface area contributed by atoms with Gasteiger partial charge in [-0.15, -0.1) is 0 Å². The Bertz CT molecular complexity index is 976. The first-order valence-corrected chi connectivity index (χ1v) is 12.0. The molecule has 1 aliphatic heterocycles. The first-order valence-electron chi connectivity index (χ1n) is 10.5. The van der Waals surface area contributed by atoms with E-state index >= 15 is 0 Å². The zero-order chi connectivity index (χ0) is 22.4. The minimum Gasteiger partial charge on any atom is -0.494 e. The van der Waals surface area contributed by atoms with E-state index in [1.165, 1.54) is 24.3 Å². The van der Waals surface area contributed by atoms with Crippen LogP contribution in [0.1, 0.15) is 38.2 Å². The van der Waals surface area contributed by atoms with Gasteiger partial charge >= 0.3 is 5.97 Å². The van der Waals surface area contributed by atoms with Crippen LogP contribution in [0.5, 0.6) is 5.75 Å². The molecule has 0 saturated carbocycles. The van der Waals surface area contributed by atoms with Crippen LogP contribution < -0.4 is 4.74 Å². The monoisotopic (exact) mass is 449 g/mol. The number of benzene rings is 2. The summed E-state index contributed by atoms with van der Waals surface area (Å²) in [5.74, 6) is -1.47. The van der Waals surface area contributed by atoms with Crippen LogP contribution in [0, 0.1) is 11.7 Å². The molecule has 0 aromatic heterocycles. The van der Waals surface area contributed by atoms with Crippen LogP contribution in [0.3, 0.4) is 0 Å². The summed E-state index contributed by atoms with van der Waals surface area (Å²) in [6, 6.07) is 12.2. The molecule has 1 N–H and O–H groups in total. The number of carboxylic acid groups (broad SMARTS) is 1. The third-order valence-corrected chi connectivity index (χ3v) is 7.72. The number of halogens is 1. The van der Waals surface area contributed by atoms with Crippen molar-refractivity contribution < 1.29 is 27.4 Å². The van der Waals surface area contributed by atoms with Gasteiger partial charge in [-0.1, -0.05) is 25.5 Å². The molecular formula is C23H28FNO5S. The van der Waals surface area contributed by atoms with E-state index in [4.69, 9.17) is 4.74 Å². The second-order valence-corrected chi connectivity index (χ2v) is 9.94. The van der Waals surface area contributed by atoms with Gasteiger partial charge in [-0.05, 0) is 61.2 Å². The third kappa shape index (κ3) is 5.83. The Balaban J connectivity index is 1.83. The van der Waals surface area contributed by atoms with Gasteiger partial charge in [0.2, 0.25) is 0 Å². The van der Waals surface area contributed by atoms with Crippen LogP contribution in [-0.2, 0) is 21.2 Å². The number of ether oxygens (including phenoxy) is 1. The first kappa shape index (κ1) is 23.2. The van der Waals surface area contributed by atoms with Crippen molar-refractivity contribution in [3.8, 4) is 5.75 Å². The molecule has 2 aromatic carbocycles. The molecule has 1 aliphatic rings. The molecule has 0 radical (unpaired) electrons. The lowest BCUT2D eigenvalue weighted by Crippen LogP contribution is -2.47. The minimum absolute atomic E-state index is 0.00755. The maximum absolute atomic E-state index is 13.4. The zero-order valence-electron chi connectivity index (χ0n) is 17.5. The van der Waals surface area contributed by atoms with E-state index in [9.17, 15) is 22.7 Å². The van der Waals surface area contributed by atoms with E-state index in [0.29, 0.717) is 31.9 Å². The largest absolute Gasteiger partial charge is 0.494 e. The quantitative estimate of drug-likeness (QED) is 0.580. The van der Waals surface area contributed by atoms with E-state index < -0.39 is 27.1 Å². The van der Waals surface area contributed by atoms with Gasteiger partial charge < -0.3 is 9.84 Å². The van der Waals surface area contributed by atoms with E-state index in [2.05, 4.69) is 6.92 Å². The topological polar surface area (TPSA) is 83.9 Å². The van der Waals surface area contributed by atoms with Crippen LogP contribution in [0.2, 0.25) is 0 Å². The Hall–Kier alpha value is -2.45. The van der Waals surface area contributed by atoms with E-state index in [0.717, 1.165) is 18.4 Å². The lowest BCUT2D eigenvalue weighted by atomic mass is 9.96. The number of nitrogens with zero attached hydrogens (tertiary/aromatic N) is 1. The van der Waals surface area contributed by atoms with Crippen molar-refractivity contribution in [3.63, 3.8) is 0 Å². The molecule has 3 rings (SSSR count). The molecule has 2 aromatic rings. The average Bonchev–Trinajstić information content (AvgIpc) is 2.76. The Labute approximate surface area is 182 Å². The number of hydrogen-bond acceptors (Lipinski definition) is 5. The summed E-state index contributed by atoms with van der Waals surface area (Å²) in [5.41, 5.74) is 0.773. The maximum Gasteiger partial charge on any atom is 0.306 e. The van der Waals surface area contributed by atoms with Gasteiger partial charge in [-0.2, -0.15) is 0 Å². The van der Waals surface area contributed by atoms with Crippen molar-refractivity contribution >= 4 is 15.8 Å². The molecular weight excluding hydrogens is 421 g/mol. The van der Waals surface area contributed by atoms with Crippen LogP contribution in [-0.4, -0.2) is 42.9 Å². The smallest absolute Gasteiger partial charge is 0.306 e. The SMILES string of the molecule is CCCCOc1ccc(S(=O)(=O)C2CC(C(=O)O)CCN2Cc2ccc(F)cc2)cc1. The summed E-state index contributed by atoms with van der Waals surface area (Å²) in [7, 11) is -3.81. The second kappa shape index (κ2) is 10.2. The van der Waals surface area contributed by atoms with Gasteiger partial charge in [0.25, 0.3) is 0 Å². The molecule has 1 saturated heterocycles. The van der Waals surface area contributed by atoms with Crippen molar-refractivity contribution in [2.24, 2.45) is 5.92 Å². The standard InChI is InChI=1S/C23H28FNO5S/c1-2-3-14-30-20-8-10-21(11-9-20)31(28,29)22-15-18(23(26)27)12-13-25(22)16-17-4-6-19(24)7-5-17/h4-11,18,22H,2-3,12-16H2,1H3,(H,26,27). The molecule has 1 fully saturated rings. The number of likely N-dealkylation sites (tertiary alicyclic amines) is 1. The highest BCUT2D eigenvalue weighted by Crippen LogP contribution is 2.32. The summed E-state index contributed by atoms with van der Waals surface area (Å²) >= 11 is 0. The molecule has 8 heteroatoms. The molecule has 6 nitrogen and oxygen atoms in total. The van der Waals surface area contributed by atoms with Crippen LogP contribution >= 0.6 is 0 Å². The number of rotatable bonds is 9. The van der Waals surface area contributed by atoms with Gasteiger partial charge in [0.1, 0.15) is 16.9 Å². The Kier molecular flexibility index (Phi) is 7.67. The lowest BCUT2D eigenvalue weighted by molar-refractivity contribution is -0.143. The van der Waals surface area contributed by atoms with Crippen molar-refractivity contribution in [3.05, 3.63) is 59.9 Å². The van der Waals surface area contributed by atoms with Gasteiger partial charge in [-0.25, -0.2) is 12.8 Å². The highest BCUT2D eigenvalue weighted by atomic mass is 32.2. The molecule has 0 spiro atoms. The fraction of sp³-hybridized carbons (Fsp3) is 0.435. The van der Waals surface area contributed by atoms with Crippen LogP contribution in [0.25, 0.3) is 0 Å². The second-order valence-electron chi connectivity index (χ2n) is 7.83. The number of piperidine rings is 1. The average molecular weight is 450 g/mol.